The van der Waals surface area contributed by atoms with E-state index in [-0.39, 0.29) is 5.91 Å². The third-order valence-corrected chi connectivity index (χ3v) is 7.76. The van der Waals surface area contributed by atoms with Crippen molar-refractivity contribution in [2.45, 2.75) is 0 Å². The highest BCUT2D eigenvalue weighted by atomic mass is 16.5. The van der Waals surface area contributed by atoms with Gasteiger partial charge in [-0.1, -0.05) is 54.6 Å². The summed E-state index contributed by atoms with van der Waals surface area (Å²) < 4.78 is 6.14. The summed E-state index contributed by atoms with van der Waals surface area (Å²) in [4.78, 5) is 27.6. The van der Waals surface area contributed by atoms with Crippen molar-refractivity contribution in [1.29, 1.82) is 0 Å². The number of nitrogens with zero attached hydrogens (tertiary/aromatic N) is 5. The summed E-state index contributed by atoms with van der Waals surface area (Å²) in [6.07, 6.45) is 0. The number of benzene rings is 3. The highest BCUT2D eigenvalue weighted by molar-refractivity contribution is 6.06. The van der Waals surface area contributed by atoms with Crippen LogP contribution in [0.1, 0.15) is 10.4 Å². The molecule has 3 heterocycles. The number of hydrogen-bond acceptors (Lipinski definition) is 6. The molecule has 0 radical (unpaired) electrons. The largest absolute Gasteiger partial charge is 0.476 e. The second-order valence-corrected chi connectivity index (χ2v) is 10.2. The van der Waals surface area contributed by atoms with Crippen molar-refractivity contribution in [1.82, 2.24) is 14.8 Å². The maximum Gasteiger partial charge on any atom is 0.254 e. The SMILES string of the molecule is O=C(c1cc(OCCN2CCN(c3ccccc3)CC2)nc2ccccc12)N1CCN(c2ccccc2)CC1. The molecule has 4 aromatic rings. The van der Waals surface area contributed by atoms with Crippen LogP contribution in [-0.2, 0) is 0 Å². The van der Waals surface area contributed by atoms with E-state index >= 15 is 0 Å². The van der Waals surface area contributed by atoms with Crippen molar-refractivity contribution in [3.63, 3.8) is 0 Å². The fourth-order valence-corrected chi connectivity index (χ4v) is 5.53. The normalized spacial score (nSPS) is 16.5. The van der Waals surface area contributed by atoms with Crippen molar-refractivity contribution in [2.75, 3.05) is 75.3 Å². The highest BCUT2D eigenvalue weighted by Gasteiger charge is 2.25. The summed E-state index contributed by atoms with van der Waals surface area (Å²) in [5, 5.41) is 0.873. The monoisotopic (exact) mass is 521 g/mol. The zero-order valence-corrected chi connectivity index (χ0v) is 22.3. The van der Waals surface area contributed by atoms with E-state index in [9.17, 15) is 4.79 Å². The van der Waals surface area contributed by atoms with Crippen LogP contribution in [0.4, 0.5) is 11.4 Å². The molecule has 39 heavy (non-hydrogen) atoms. The van der Waals surface area contributed by atoms with E-state index in [1.54, 1.807) is 0 Å². The molecular weight excluding hydrogens is 486 g/mol. The summed E-state index contributed by atoms with van der Waals surface area (Å²) in [7, 11) is 0. The van der Waals surface area contributed by atoms with Crippen molar-refractivity contribution < 1.29 is 9.53 Å². The Bertz CT molecular complexity index is 1380. The van der Waals surface area contributed by atoms with Crippen LogP contribution in [0.15, 0.2) is 91.0 Å². The van der Waals surface area contributed by atoms with Gasteiger partial charge in [0.15, 0.2) is 0 Å². The molecule has 0 atom stereocenters. The van der Waals surface area contributed by atoms with Gasteiger partial charge >= 0.3 is 0 Å². The van der Waals surface area contributed by atoms with Crippen molar-refractivity contribution in [3.8, 4) is 5.88 Å². The second-order valence-electron chi connectivity index (χ2n) is 10.2. The molecule has 200 valence electrons. The zero-order valence-electron chi connectivity index (χ0n) is 22.3. The molecule has 3 aromatic carbocycles. The molecule has 1 aromatic heterocycles. The summed E-state index contributed by atoms with van der Waals surface area (Å²) >= 11 is 0. The maximum absolute atomic E-state index is 13.7. The Morgan fingerprint density at radius 3 is 1.90 bits per heavy atom. The fraction of sp³-hybridized carbons (Fsp3) is 0.312. The number of fused-ring (bicyclic) bond motifs is 1. The predicted molar refractivity (Wildman–Crippen MR) is 157 cm³/mol. The number of ether oxygens (including phenoxy) is 1. The Morgan fingerprint density at radius 1 is 0.692 bits per heavy atom. The number of anilines is 2. The Hall–Kier alpha value is -4.10. The molecule has 6 rings (SSSR count). The quantitative estimate of drug-likeness (QED) is 0.359. The number of piperazine rings is 2. The summed E-state index contributed by atoms with van der Waals surface area (Å²) in [5.74, 6) is 0.561. The maximum atomic E-state index is 13.7. The third kappa shape index (κ3) is 5.83. The fourth-order valence-electron chi connectivity index (χ4n) is 5.53. The van der Waals surface area contributed by atoms with Gasteiger partial charge in [-0.25, -0.2) is 4.98 Å². The number of pyridine rings is 1. The molecule has 0 N–H and O–H groups in total. The van der Waals surface area contributed by atoms with E-state index in [1.807, 2.05) is 41.3 Å². The standard InChI is InChI=1S/C32H35N5O2/c38-32(37-21-19-36(20-22-37)27-11-5-2-6-12-27)29-25-31(33-30-14-8-7-13-28(29)30)39-24-23-34-15-17-35(18-16-34)26-9-3-1-4-10-26/h1-14,25H,15-24H2. The minimum atomic E-state index is 0.0446. The number of amides is 1. The average molecular weight is 522 g/mol. The van der Waals surface area contributed by atoms with E-state index in [2.05, 4.69) is 69.3 Å². The van der Waals surface area contributed by atoms with Crippen LogP contribution in [0.5, 0.6) is 5.88 Å². The predicted octanol–water partition coefficient (Wildman–Crippen LogP) is 4.40. The van der Waals surface area contributed by atoms with Crippen molar-refractivity contribution >= 4 is 28.2 Å². The van der Waals surface area contributed by atoms with Crippen molar-refractivity contribution in [2.24, 2.45) is 0 Å². The van der Waals surface area contributed by atoms with E-state index in [0.717, 1.165) is 56.7 Å². The van der Waals surface area contributed by atoms with Gasteiger partial charge in [0.25, 0.3) is 5.91 Å². The van der Waals surface area contributed by atoms with Gasteiger partial charge in [0.1, 0.15) is 6.61 Å². The topological polar surface area (TPSA) is 52.2 Å². The molecule has 0 aliphatic carbocycles. The van der Waals surface area contributed by atoms with Gasteiger partial charge in [0, 0.05) is 81.7 Å². The Morgan fingerprint density at radius 2 is 1.26 bits per heavy atom. The summed E-state index contributed by atoms with van der Waals surface area (Å²) in [6, 6.07) is 30.7. The lowest BCUT2D eigenvalue weighted by Crippen LogP contribution is -2.48. The number of carbonyl (C=O) groups is 1. The molecule has 7 heteroatoms. The van der Waals surface area contributed by atoms with E-state index in [4.69, 9.17) is 9.72 Å². The molecule has 2 aliphatic heterocycles. The first kappa shape index (κ1) is 25.2. The van der Waals surface area contributed by atoms with Crippen LogP contribution in [0, 0.1) is 0 Å². The van der Waals surface area contributed by atoms with E-state index in [1.165, 1.54) is 11.4 Å². The van der Waals surface area contributed by atoms with E-state index in [0.29, 0.717) is 31.1 Å². The van der Waals surface area contributed by atoms with Gasteiger partial charge in [-0.3, -0.25) is 9.69 Å². The lowest BCUT2D eigenvalue weighted by atomic mass is 10.1. The lowest BCUT2D eigenvalue weighted by molar-refractivity contribution is 0.0748. The summed E-state index contributed by atoms with van der Waals surface area (Å²) in [5.41, 5.74) is 3.95. The van der Waals surface area contributed by atoms with Crippen LogP contribution in [0.3, 0.4) is 0 Å². The first-order valence-electron chi connectivity index (χ1n) is 13.9. The molecule has 0 spiro atoms. The first-order chi connectivity index (χ1) is 19.2. The minimum Gasteiger partial charge on any atom is -0.476 e. The number of carbonyl (C=O) groups excluding carboxylic acids is 1. The second kappa shape index (κ2) is 11.7. The molecule has 2 fully saturated rings. The van der Waals surface area contributed by atoms with E-state index < -0.39 is 0 Å². The number of aromatic nitrogens is 1. The number of para-hydroxylation sites is 3. The van der Waals surface area contributed by atoms with Gasteiger partial charge in [-0.05, 0) is 30.3 Å². The van der Waals surface area contributed by atoms with Gasteiger partial charge in [0.2, 0.25) is 5.88 Å². The number of rotatable bonds is 7. The van der Waals surface area contributed by atoms with Crippen LogP contribution >= 0.6 is 0 Å². The third-order valence-electron chi connectivity index (χ3n) is 7.76. The first-order valence-corrected chi connectivity index (χ1v) is 13.9. The summed E-state index contributed by atoms with van der Waals surface area (Å²) in [6.45, 7) is 8.42. The number of hydrogen-bond donors (Lipinski definition) is 0. The minimum absolute atomic E-state index is 0.0446. The van der Waals surface area contributed by atoms with Gasteiger partial charge < -0.3 is 19.4 Å². The van der Waals surface area contributed by atoms with Gasteiger partial charge in [-0.2, -0.15) is 0 Å². The van der Waals surface area contributed by atoms with Crippen LogP contribution in [0.25, 0.3) is 10.9 Å². The highest BCUT2D eigenvalue weighted by Crippen LogP contribution is 2.25. The molecule has 0 saturated carbocycles. The Kier molecular flexibility index (Phi) is 7.59. The van der Waals surface area contributed by atoms with Crippen LogP contribution in [-0.4, -0.2) is 86.2 Å². The lowest BCUT2D eigenvalue weighted by Gasteiger charge is -2.36. The molecule has 0 bridgehead atoms. The van der Waals surface area contributed by atoms with Crippen LogP contribution < -0.4 is 14.5 Å². The molecule has 2 aliphatic rings. The molecule has 1 amide bonds. The Balaban J connectivity index is 1.08. The van der Waals surface area contributed by atoms with Gasteiger partial charge in [-0.15, -0.1) is 0 Å². The van der Waals surface area contributed by atoms with Crippen molar-refractivity contribution in [3.05, 3.63) is 96.6 Å². The smallest absolute Gasteiger partial charge is 0.254 e. The zero-order chi connectivity index (χ0) is 26.4. The average Bonchev–Trinajstić information content (AvgIpc) is 3.01. The molecule has 7 nitrogen and oxygen atoms in total. The molecule has 0 unspecified atom stereocenters. The molecule has 2 saturated heterocycles. The Labute approximate surface area is 230 Å². The molecular formula is C32H35N5O2. The van der Waals surface area contributed by atoms with Crippen LogP contribution in [0.2, 0.25) is 0 Å². The van der Waals surface area contributed by atoms with Gasteiger partial charge in [0.05, 0.1) is 11.1 Å².